The molecule has 0 amide bonds. The minimum Gasteiger partial charge on any atom is -0.512 e. The first-order valence-electron chi connectivity index (χ1n) is 3.53. The second kappa shape index (κ2) is 4.61. The van der Waals surface area contributed by atoms with Gasteiger partial charge >= 0.3 is 0 Å². The molecule has 0 fully saturated rings. The highest BCUT2D eigenvalue weighted by Gasteiger charge is 1.95. The van der Waals surface area contributed by atoms with Crippen molar-refractivity contribution in [2.45, 2.75) is 20.3 Å². The molecular formula is C9H14O2. The van der Waals surface area contributed by atoms with Crippen molar-refractivity contribution in [1.29, 1.82) is 0 Å². The summed E-state index contributed by atoms with van der Waals surface area (Å²) in [7, 11) is 0. The fourth-order valence-electron chi connectivity index (χ4n) is 0.700. The van der Waals surface area contributed by atoms with Crippen LogP contribution in [0.5, 0.6) is 0 Å². The Morgan fingerprint density at radius 3 is 2.27 bits per heavy atom. The van der Waals surface area contributed by atoms with Crippen LogP contribution < -0.4 is 0 Å². The summed E-state index contributed by atoms with van der Waals surface area (Å²) in [6.45, 7) is 6.88. The number of aliphatic hydroxyl groups is 2. The average Bonchev–Trinajstić information content (AvgIpc) is 1.99. The van der Waals surface area contributed by atoms with Gasteiger partial charge < -0.3 is 10.2 Å². The molecule has 0 radical (unpaired) electrons. The van der Waals surface area contributed by atoms with E-state index in [1.54, 1.807) is 6.92 Å². The maximum Gasteiger partial charge on any atom is 0.115 e. The largest absolute Gasteiger partial charge is 0.512 e. The number of allylic oxidation sites excluding steroid dienone is 4. The predicted octanol–water partition coefficient (Wildman–Crippen LogP) is 2.86. The monoisotopic (exact) mass is 154 g/mol. The Balaban J connectivity index is 4.57. The molecule has 0 atom stereocenters. The standard InChI is InChI=1S/C9H14O2/c1-4-8(7(3)10)6-9(11)5-2/h5-6,10-11H,2,4H2,1,3H3/b8-7+,9-6+. The van der Waals surface area contributed by atoms with Gasteiger partial charge in [-0.2, -0.15) is 0 Å². The number of rotatable bonds is 3. The predicted molar refractivity (Wildman–Crippen MR) is 46.5 cm³/mol. The Morgan fingerprint density at radius 2 is 2.00 bits per heavy atom. The third kappa shape index (κ3) is 3.50. The molecule has 0 saturated heterocycles. The summed E-state index contributed by atoms with van der Waals surface area (Å²) < 4.78 is 0. The summed E-state index contributed by atoms with van der Waals surface area (Å²) in [5.74, 6) is 0.316. The molecule has 2 N–H and O–H groups in total. The first kappa shape index (κ1) is 9.82. The van der Waals surface area contributed by atoms with Gasteiger partial charge in [-0.05, 0) is 31.1 Å². The molecule has 0 aliphatic rings. The summed E-state index contributed by atoms with van der Waals surface area (Å²) in [6.07, 6.45) is 3.53. The van der Waals surface area contributed by atoms with E-state index < -0.39 is 0 Å². The molecule has 0 aliphatic carbocycles. The van der Waals surface area contributed by atoms with E-state index in [0.29, 0.717) is 6.42 Å². The number of aliphatic hydroxyl groups excluding tert-OH is 2. The van der Waals surface area contributed by atoms with Crippen LogP contribution >= 0.6 is 0 Å². The van der Waals surface area contributed by atoms with E-state index in [2.05, 4.69) is 6.58 Å². The smallest absolute Gasteiger partial charge is 0.115 e. The lowest BCUT2D eigenvalue weighted by atomic mass is 10.1. The van der Waals surface area contributed by atoms with E-state index in [4.69, 9.17) is 10.2 Å². The van der Waals surface area contributed by atoms with Crippen molar-refractivity contribution < 1.29 is 10.2 Å². The molecule has 2 nitrogen and oxygen atoms in total. The quantitative estimate of drug-likeness (QED) is 0.484. The van der Waals surface area contributed by atoms with Crippen molar-refractivity contribution in [3.63, 3.8) is 0 Å². The van der Waals surface area contributed by atoms with Gasteiger partial charge in [-0.1, -0.05) is 13.5 Å². The second-order valence-electron chi connectivity index (χ2n) is 2.24. The van der Waals surface area contributed by atoms with Crippen molar-refractivity contribution in [3.05, 3.63) is 35.8 Å². The summed E-state index contributed by atoms with van der Waals surface area (Å²) in [5.41, 5.74) is 0.724. The van der Waals surface area contributed by atoms with E-state index >= 15 is 0 Å². The van der Waals surface area contributed by atoms with E-state index in [0.717, 1.165) is 5.57 Å². The molecule has 0 heterocycles. The summed E-state index contributed by atoms with van der Waals surface area (Å²) >= 11 is 0. The molecule has 11 heavy (non-hydrogen) atoms. The average molecular weight is 154 g/mol. The van der Waals surface area contributed by atoms with Gasteiger partial charge in [0.05, 0.1) is 5.76 Å². The summed E-state index contributed by atoms with van der Waals surface area (Å²) in [4.78, 5) is 0. The van der Waals surface area contributed by atoms with Crippen LogP contribution in [0.4, 0.5) is 0 Å². The Hall–Kier alpha value is -1.18. The van der Waals surface area contributed by atoms with Crippen LogP contribution in [0.15, 0.2) is 35.8 Å². The Kier molecular flexibility index (Phi) is 4.11. The SMILES string of the molecule is C=C/C(O)=C\C(CC)=C(/C)O. The van der Waals surface area contributed by atoms with Crippen molar-refractivity contribution in [2.75, 3.05) is 0 Å². The molecule has 0 aliphatic heterocycles. The Labute approximate surface area is 67.2 Å². The molecule has 62 valence electrons. The highest BCUT2D eigenvalue weighted by atomic mass is 16.3. The molecule has 2 heteroatoms. The van der Waals surface area contributed by atoms with E-state index in [1.165, 1.54) is 12.2 Å². The Morgan fingerprint density at radius 1 is 1.45 bits per heavy atom. The van der Waals surface area contributed by atoms with E-state index in [9.17, 15) is 0 Å². The van der Waals surface area contributed by atoms with Gasteiger partial charge in [-0.15, -0.1) is 0 Å². The topological polar surface area (TPSA) is 40.5 Å². The van der Waals surface area contributed by atoms with Crippen LogP contribution in [0.2, 0.25) is 0 Å². The van der Waals surface area contributed by atoms with Crippen LogP contribution in [0, 0.1) is 0 Å². The van der Waals surface area contributed by atoms with Gasteiger partial charge in [0, 0.05) is 0 Å². The van der Waals surface area contributed by atoms with Gasteiger partial charge in [0.25, 0.3) is 0 Å². The highest BCUT2D eigenvalue weighted by molar-refractivity contribution is 5.26. The van der Waals surface area contributed by atoms with Crippen LogP contribution in [0.25, 0.3) is 0 Å². The molecule has 0 aromatic rings. The third-order valence-electron chi connectivity index (χ3n) is 1.38. The van der Waals surface area contributed by atoms with Crippen molar-refractivity contribution in [2.24, 2.45) is 0 Å². The molecule has 0 spiro atoms. The van der Waals surface area contributed by atoms with Gasteiger partial charge in [-0.25, -0.2) is 0 Å². The van der Waals surface area contributed by atoms with E-state index in [-0.39, 0.29) is 11.5 Å². The maximum atomic E-state index is 9.05. The molecule has 0 aromatic heterocycles. The summed E-state index contributed by atoms with van der Waals surface area (Å²) in [6, 6.07) is 0. The molecule has 0 rings (SSSR count). The Bertz CT molecular complexity index is 196. The molecule has 0 aromatic carbocycles. The van der Waals surface area contributed by atoms with Crippen LogP contribution in [-0.2, 0) is 0 Å². The van der Waals surface area contributed by atoms with Crippen LogP contribution in [-0.4, -0.2) is 10.2 Å². The zero-order valence-electron chi connectivity index (χ0n) is 6.96. The zero-order chi connectivity index (χ0) is 8.85. The minimum absolute atomic E-state index is 0.0789. The van der Waals surface area contributed by atoms with E-state index in [1.807, 2.05) is 6.92 Å². The number of hydrogen-bond acceptors (Lipinski definition) is 2. The lowest BCUT2D eigenvalue weighted by molar-refractivity contribution is 0.403. The summed E-state index contributed by atoms with van der Waals surface area (Å²) in [5, 5.41) is 18.1. The first-order valence-corrected chi connectivity index (χ1v) is 3.53. The van der Waals surface area contributed by atoms with Crippen molar-refractivity contribution in [1.82, 2.24) is 0 Å². The fourth-order valence-corrected chi connectivity index (χ4v) is 0.700. The van der Waals surface area contributed by atoms with Gasteiger partial charge in [0.2, 0.25) is 0 Å². The lowest BCUT2D eigenvalue weighted by Gasteiger charge is -1.99. The maximum absolute atomic E-state index is 9.05. The molecule has 0 unspecified atom stereocenters. The lowest BCUT2D eigenvalue weighted by Crippen LogP contribution is -1.84. The van der Waals surface area contributed by atoms with Gasteiger partial charge in [0.1, 0.15) is 5.76 Å². The minimum atomic E-state index is 0.0789. The molecule has 0 saturated carbocycles. The normalized spacial score (nSPS) is 14.2. The second-order valence-corrected chi connectivity index (χ2v) is 2.24. The van der Waals surface area contributed by atoms with Crippen LogP contribution in [0.3, 0.4) is 0 Å². The molecular weight excluding hydrogens is 140 g/mol. The van der Waals surface area contributed by atoms with Crippen molar-refractivity contribution in [3.8, 4) is 0 Å². The van der Waals surface area contributed by atoms with Crippen LogP contribution in [0.1, 0.15) is 20.3 Å². The van der Waals surface area contributed by atoms with Gasteiger partial charge in [-0.3, -0.25) is 0 Å². The number of hydrogen-bond donors (Lipinski definition) is 2. The van der Waals surface area contributed by atoms with Crippen molar-refractivity contribution >= 4 is 0 Å². The molecule has 0 bridgehead atoms. The highest BCUT2D eigenvalue weighted by Crippen LogP contribution is 2.09. The zero-order valence-corrected chi connectivity index (χ0v) is 6.96. The van der Waals surface area contributed by atoms with Gasteiger partial charge in [0.15, 0.2) is 0 Å². The first-order chi connectivity index (χ1) is 5.11. The fraction of sp³-hybridized carbons (Fsp3) is 0.333. The third-order valence-corrected chi connectivity index (χ3v) is 1.38.